The maximum absolute atomic E-state index is 11.6. The van der Waals surface area contributed by atoms with Gasteiger partial charge in [-0.05, 0) is 48.3 Å². The molecule has 0 aliphatic heterocycles. The van der Waals surface area contributed by atoms with Gasteiger partial charge in [0.05, 0.1) is 0 Å². The van der Waals surface area contributed by atoms with Gasteiger partial charge < -0.3 is 15.2 Å². The molecule has 1 heterocycles. The maximum Gasteiger partial charge on any atom is 0.408 e. The molecule has 1 aromatic heterocycles. The normalized spacial score (nSPS) is 12.6. The summed E-state index contributed by atoms with van der Waals surface area (Å²) in [6.45, 7) is 5.13. The Morgan fingerprint density at radius 1 is 1.45 bits per heavy atom. The first-order chi connectivity index (χ1) is 9.17. The van der Waals surface area contributed by atoms with Crippen molar-refractivity contribution in [2.24, 2.45) is 0 Å². The van der Waals surface area contributed by atoms with E-state index in [2.05, 4.69) is 26.2 Å². The largest absolute Gasteiger partial charge is 0.480 e. The van der Waals surface area contributed by atoms with Gasteiger partial charge in [-0.25, -0.2) is 9.59 Å². The highest BCUT2D eigenvalue weighted by molar-refractivity contribution is 9.10. The SMILES string of the molecule is CC(C)(C)OC(=O)N[C@@H](Cc1cncc(Br)c1)C(=O)O. The van der Waals surface area contributed by atoms with Crippen LogP contribution in [0.15, 0.2) is 22.9 Å². The van der Waals surface area contributed by atoms with Crippen molar-refractivity contribution in [2.45, 2.75) is 38.8 Å². The first-order valence-electron chi connectivity index (χ1n) is 5.99. The zero-order valence-electron chi connectivity index (χ0n) is 11.5. The molecule has 1 atom stereocenters. The number of pyridine rings is 1. The van der Waals surface area contributed by atoms with Gasteiger partial charge in [-0.15, -0.1) is 0 Å². The average Bonchev–Trinajstić information content (AvgIpc) is 2.25. The second-order valence-electron chi connectivity index (χ2n) is 5.25. The zero-order valence-corrected chi connectivity index (χ0v) is 13.1. The fourth-order valence-corrected chi connectivity index (χ4v) is 1.87. The molecule has 0 fully saturated rings. The van der Waals surface area contributed by atoms with E-state index in [1.165, 1.54) is 0 Å². The Morgan fingerprint density at radius 3 is 2.60 bits per heavy atom. The van der Waals surface area contributed by atoms with Crippen molar-refractivity contribution in [3.05, 3.63) is 28.5 Å². The Hall–Kier alpha value is -1.63. The summed E-state index contributed by atoms with van der Waals surface area (Å²) in [5.74, 6) is -1.13. The smallest absolute Gasteiger partial charge is 0.408 e. The van der Waals surface area contributed by atoms with E-state index < -0.39 is 23.7 Å². The van der Waals surface area contributed by atoms with E-state index in [1.807, 2.05) is 0 Å². The third-order valence-electron chi connectivity index (χ3n) is 2.19. The van der Waals surface area contributed by atoms with Gasteiger partial charge in [0.25, 0.3) is 0 Å². The van der Waals surface area contributed by atoms with Crippen molar-refractivity contribution in [1.82, 2.24) is 10.3 Å². The zero-order chi connectivity index (χ0) is 15.3. The van der Waals surface area contributed by atoms with E-state index in [0.29, 0.717) is 5.56 Å². The Bertz CT molecular complexity index is 499. The van der Waals surface area contributed by atoms with Crippen molar-refractivity contribution in [1.29, 1.82) is 0 Å². The number of alkyl carbamates (subject to hydrolysis) is 1. The molecule has 110 valence electrons. The molecule has 1 amide bonds. The average molecular weight is 345 g/mol. The van der Waals surface area contributed by atoms with Crippen LogP contribution in [0.1, 0.15) is 26.3 Å². The molecule has 7 heteroatoms. The summed E-state index contributed by atoms with van der Waals surface area (Å²) in [6.07, 6.45) is 2.52. The van der Waals surface area contributed by atoms with E-state index >= 15 is 0 Å². The number of hydrogen-bond acceptors (Lipinski definition) is 4. The maximum atomic E-state index is 11.6. The van der Waals surface area contributed by atoms with Gasteiger partial charge in [0.1, 0.15) is 11.6 Å². The van der Waals surface area contributed by atoms with Gasteiger partial charge in [0.2, 0.25) is 0 Å². The number of carbonyl (C=O) groups is 2. The number of aromatic nitrogens is 1. The summed E-state index contributed by atoms with van der Waals surface area (Å²) in [4.78, 5) is 26.7. The van der Waals surface area contributed by atoms with E-state index in [4.69, 9.17) is 9.84 Å². The summed E-state index contributed by atoms with van der Waals surface area (Å²) in [5.41, 5.74) is 0.0209. The molecule has 0 saturated heterocycles. The third kappa shape index (κ3) is 6.01. The van der Waals surface area contributed by atoms with Crippen molar-refractivity contribution < 1.29 is 19.4 Å². The number of amides is 1. The molecule has 0 saturated carbocycles. The Balaban J connectivity index is 2.71. The lowest BCUT2D eigenvalue weighted by Crippen LogP contribution is -2.44. The molecule has 0 bridgehead atoms. The minimum atomic E-state index is -1.13. The number of nitrogens with zero attached hydrogens (tertiary/aromatic N) is 1. The molecule has 0 unspecified atom stereocenters. The topological polar surface area (TPSA) is 88.5 Å². The van der Waals surface area contributed by atoms with Crippen LogP contribution in [0.25, 0.3) is 0 Å². The minimum Gasteiger partial charge on any atom is -0.480 e. The fraction of sp³-hybridized carbons (Fsp3) is 0.462. The highest BCUT2D eigenvalue weighted by atomic mass is 79.9. The molecular formula is C13H17BrN2O4. The Labute approximate surface area is 125 Å². The van der Waals surface area contributed by atoms with E-state index in [0.717, 1.165) is 4.47 Å². The van der Waals surface area contributed by atoms with Gasteiger partial charge in [0.15, 0.2) is 0 Å². The summed E-state index contributed by atoms with van der Waals surface area (Å²) < 4.78 is 5.79. The molecule has 1 aromatic rings. The third-order valence-corrected chi connectivity index (χ3v) is 2.62. The second kappa shape index (κ2) is 6.69. The van der Waals surface area contributed by atoms with Gasteiger partial charge in [-0.3, -0.25) is 4.98 Å². The molecule has 6 nitrogen and oxygen atoms in total. The summed E-state index contributed by atoms with van der Waals surface area (Å²) >= 11 is 3.26. The lowest BCUT2D eigenvalue weighted by Gasteiger charge is -2.22. The number of ether oxygens (including phenoxy) is 1. The first-order valence-corrected chi connectivity index (χ1v) is 6.78. The number of aliphatic carboxylic acids is 1. The highest BCUT2D eigenvalue weighted by Gasteiger charge is 2.24. The summed E-state index contributed by atoms with van der Waals surface area (Å²) in [5, 5.41) is 11.5. The Kier molecular flexibility index (Phi) is 5.50. The fourth-order valence-electron chi connectivity index (χ4n) is 1.45. The van der Waals surface area contributed by atoms with Crippen molar-refractivity contribution >= 4 is 28.0 Å². The number of carboxylic acid groups (broad SMARTS) is 1. The van der Waals surface area contributed by atoms with Crippen LogP contribution in [0.4, 0.5) is 4.79 Å². The summed E-state index contributed by atoms with van der Waals surface area (Å²) in [7, 11) is 0. The molecule has 0 aliphatic carbocycles. The number of hydrogen-bond donors (Lipinski definition) is 2. The number of rotatable bonds is 4. The molecule has 0 spiro atoms. The Morgan fingerprint density at radius 2 is 2.10 bits per heavy atom. The molecule has 0 radical (unpaired) electrons. The van der Waals surface area contributed by atoms with Crippen LogP contribution in [-0.4, -0.2) is 33.8 Å². The molecule has 20 heavy (non-hydrogen) atoms. The van der Waals surface area contributed by atoms with Gasteiger partial charge in [-0.1, -0.05) is 0 Å². The van der Waals surface area contributed by atoms with Gasteiger partial charge >= 0.3 is 12.1 Å². The lowest BCUT2D eigenvalue weighted by atomic mass is 10.1. The number of carbonyl (C=O) groups excluding carboxylic acids is 1. The highest BCUT2D eigenvalue weighted by Crippen LogP contribution is 2.12. The summed E-state index contributed by atoms with van der Waals surface area (Å²) in [6, 6.07) is 0.681. The van der Waals surface area contributed by atoms with E-state index in [1.54, 1.807) is 39.2 Å². The standard InChI is InChI=1S/C13H17BrN2O4/c1-13(2,3)20-12(19)16-10(11(17)18)5-8-4-9(14)7-15-6-8/h4,6-7,10H,5H2,1-3H3,(H,16,19)(H,17,18)/t10-/m0/s1. The molecule has 0 aromatic carbocycles. The van der Waals surface area contributed by atoms with Crippen molar-refractivity contribution in [2.75, 3.05) is 0 Å². The van der Waals surface area contributed by atoms with Crippen LogP contribution in [0.2, 0.25) is 0 Å². The van der Waals surface area contributed by atoms with E-state index in [9.17, 15) is 9.59 Å². The minimum absolute atomic E-state index is 0.126. The van der Waals surface area contributed by atoms with Crippen LogP contribution in [0.5, 0.6) is 0 Å². The van der Waals surface area contributed by atoms with Gasteiger partial charge in [-0.2, -0.15) is 0 Å². The van der Waals surface area contributed by atoms with Crippen LogP contribution in [-0.2, 0) is 16.0 Å². The van der Waals surface area contributed by atoms with Crippen LogP contribution in [0, 0.1) is 0 Å². The predicted molar refractivity (Wildman–Crippen MR) is 76.4 cm³/mol. The van der Waals surface area contributed by atoms with Crippen LogP contribution in [0.3, 0.4) is 0 Å². The van der Waals surface area contributed by atoms with Crippen LogP contribution >= 0.6 is 15.9 Å². The molecule has 1 rings (SSSR count). The molecular weight excluding hydrogens is 328 g/mol. The number of nitrogens with one attached hydrogen (secondary N) is 1. The number of halogens is 1. The van der Waals surface area contributed by atoms with Crippen molar-refractivity contribution in [3.63, 3.8) is 0 Å². The van der Waals surface area contributed by atoms with Crippen molar-refractivity contribution in [3.8, 4) is 0 Å². The number of carboxylic acids is 1. The lowest BCUT2D eigenvalue weighted by molar-refractivity contribution is -0.139. The first kappa shape index (κ1) is 16.4. The monoisotopic (exact) mass is 344 g/mol. The second-order valence-corrected chi connectivity index (χ2v) is 6.17. The quantitative estimate of drug-likeness (QED) is 0.875. The van der Waals surface area contributed by atoms with E-state index in [-0.39, 0.29) is 6.42 Å². The van der Waals surface area contributed by atoms with Gasteiger partial charge in [0, 0.05) is 23.3 Å². The predicted octanol–water partition coefficient (Wildman–Crippen LogP) is 2.36. The molecule has 2 N–H and O–H groups in total. The van der Waals surface area contributed by atoms with Crippen LogP contribution < -0.4 is 5.32 Å². The molecule has 0 aliphatic rings.